The number of para-hydroxylation sites is 1. The van der Waals surface area contributed by atoms with Gasteiger partial charge in [0.05, 0.1) is 5.69 Å². The van der Waals surface area contributed by atoms with Crippen LogP contribution in [0.5, 0.6) is 0 Å². The molecule has 7 heteroatoms. The monoisotopic (exact) mass is 332 g/mol. The van der Waals surface area contributed by atoms with E-state index >= 15 is 0 Å². The lowest BCUT2D eigenvalue weighted by Crippen LogP contribution is -2.28. The molecule has 2 N–H and O–H groups in total. The third-order valence-corrected chi connectivity index (χ3v) is 4.43. The molecule has 0 unspecified atom stereocenters. The Morgan fingerprint density at radius 1 is 1.27 bits per heavy atom. The van der Waals surface area contributed by atoms with Crippen LogP contribution in [0.4, 0.5) is 18.9 Å². The number of thioether (sulfide) groups is 1. The van der Waals surface area contributed by atoms with E-state index in [0.29, 0.717) is 12.3 Å². The molecule has 0 spiro atoms. The molecule has 1 saturated heterocycles. The van der Waals surface area contributed by atoms with Gasteiger partial charge in [0.25, 0.3) is 0 Å². The number of amides is 1. The minimum Gasteiger partial charge on any atom is -0.325 e. The first kappa shape index (κ1) is 17.1. The van der Waals surface area contributed by atoms with E-state index in [4.69, 9.17) is 0 Å². The van der Waals surface area contributed by atoms with Gasteiger partial charge in [-0.2, -0.15) is 13.2 Å². The van der Waals surface area contributed by atoms with Crippen LogP contribution >= 0.6 is 11.8 Å². The van der Waals surface area contributed by atoms with E-state index < -0.39 is 5.51 Å². The maximum absolute atomic E-state index is 12.5. The summed E-state index contributed by atoms with van der Waals surface area (Å²) in [6.07, 6.45) is 3.22. The molecule has 0 aliphatic carbocycles. The molecule has 0 radical (unpaired) electrons. The normalized spacial score (nSPS) is 16.5. The lowest BCUT2D eigenvalue weighted by atomic mass is 9.93. The highest BCUT2D eigenvalue weighted by molar-refractivity contribution is 8.00. The summed E-state index contributed by atoms with van der Waals surface area (Å²) in [7, 11) is 0. The van der Waals surface area contributed by atoms with E-state index in [1.165, 1.54) is 18.2 Å². The highest BCUT2D eigenvalue weighted by Gasteiger charge is 2.30. The summed E-state index contributed by atoms with van der Waals surface area (Å²) >= 11 is -0.207. The van der Waals surface area contributed by atoms with Gasteiger partial charge in [0.15, 0.2) is 0 Å². The van der Waals surface area contributed by atoms with Crippen molar-refractivity contribution in [1.82, 2.24) is 5.32 Å². The van der Waals surface area contributed by atoms with E-state index in [2.05, 4.69) is 10.6 Å². The number of carbonyl (C=O) groups excluding carboxylic acids is 1. The van der Waals surface area contributed by atoms with Crippen LogP contribution in [-0.2, 0) is 4.79 Å². The molecule has 22 heavy (non-hydrogen) atoms. The summed E-state index contributed by atoms with van der Waals surface area (Å²) in [5.41, 5.74) is -4.14. The standard InChI is InChI=1S/C15H19F3N2OS/c16-15(17,18)22-13-4-2-1-3-12(13)20-14(21)6-5-11-7-9-19-10-8-11/h1-4,11,19H,5-10H2,(H,20,21). The Balaban J connectivity index is 1.88. The molecule has 0 aromatic heterocycles. The topological polar surface area (TPSA) is 41.1 Å². The number of nitrogens with one attached hydrogen (secondary N) is 2. The molecule has 1 aliphatic rings. The van der Waals surface area contributed by atoms with Crippen molar-refractivity contribution < 1.29 is 18.0 Å². The van der Waals surface area contributed by atoms with Crippen molar-refractivity contribution in [2.75, 3.05) is 18.4 Å². The van der Waals surface area contributed by atoms with Crippen LogP contribution in [0.2, 0.25) is 0 Å². The van der Waals surface area contributed by atoms with E-state index in [-0.39, 0.29) is 28.3 Å². The molecule has 0 saturated carbocycles. The smallest absolute Gasteiger partial charge is 0.325 e. The fraction of sp³-hybridized carbons (Fsp3) is 0.533. The van der Waals surface area contributed by atoms with Crippen molar-refractivity contribution in [2.24, 2.45) is 5.92 Å². The van der Waals surface area contributed by atoms with Gasteiger partial charge in [-0.3, -0.25) is 4.79 Å². The van der Waals surface area contributed by atoms with Crippen LogP contribution in [0, 0.1) is 5.92 Å². The van der Waals surface area contributed by atoms with Crippen molar-refractivity contribution >= 4 is 23.4 Å². The van der Waals surface area contributed by atoms with Gasteiger partial charge < -0.3 is 10.6 Å². The largest absolute Gasteiger partial charge is 0.446 e. The van der Waals surface area contributed by atoms with Gasteiger partial charge in [-0.15, -0.1) is 0 Å². The van der Waals surface area contributed by atoms with Gasteiger partial charge >= 0.3 is 5.51 Å². The zero-order chi connectivity index (χ0) is 16.0. The number of rotatable bonds is 5. The Morgan fingerprint density at radius 3 is 2.64 bits per heavy atom. The SMILES string of the molecule is O=C(CCC1CCNCC1)Nc1ccccc1SC(F)(F)F. The van der Waals surface area contributed by atoms with Crippen LogP contribution in [-0.4, -0.2) is 24.5 Å². The predicted octanol–water partition coefficient (Wildman–Crippen LogP) is 4.02. The van der Waals surface area contributed by atoms with Crippen molar-refractivity contribution in [2.45, 2.75) is 36.1 Å². The van der Waals surface area contributed by atoms with Crippen molar-refractivity contribution in [3.05, 3.63) is 24.3 Å². The molecule has 3 nitrogen and oxygen atoms in total. The number of halogens is 3. The summed E-state index contributed by atoms with van der Waals surface area (Å²) < 4.78 is 37.5. The molecular formula is C15H19F3N2OS. The summed E-state index contributed by atoms with van der Waals surface area (Å²) in [5.74, 6) is 0.292. The molecule has 122 valence electrons. The van der Waals surface area contributed by atoms with Gasteiger partial charge in [0.1, 0.15) is 0 Å². The third-order valence-electron chi connectivity index (χ3n) is 3.63. The average molecular weight is 332 g/mol. The molecule has 1 fully saturated rings. The number of anilines is 1. The Labute approximate surface area is 132 Å². The van der Waals surface area contributed by atoms with Crippen molar-refractivity contribution in [3.63, 3.8) is 0 Å². The molecule has 1 aliphatic heterocycles. The Kier molecular flexibility index (Phi) is 6.14. The Morgan fingerprint density at radius 2 is 1.95 bits per heavy atom. The highest BCUT2D eigenvalue weighted by atomic mass is 32.2. The quantitative estimate of drug-likeness (QED) is 0.800. The molecule has 1 aromatic carbocycles. The highest BCUT2D eigenvalue weighted by Crippen LogP contribution is 2.40. The first-order valence-corrected chi connectivity index (χ1v) is 8.11. The zero-order valence-corrected chi connectivity index (χ0v) is 12.9. The van der Waals surface area contributed by atoms with Gasteiger partial charge in [0.2, 0.25) is 5.91 Å². The van der Waals surface area contributed by atoms with Gasteiger partial charge in [-0.05, 0) is 62.2 Å². The zero-order valence-electron chi connectivity index (χ0n) is 12.1. The number of alkyl halides is 3. The van der Waals surface area contributed by atoms with Gasteiger partial charge in [-0.1, -0.05) is 12.1 Å². The number of hydrogen-bond donors (Lipinski definition) is 2. The maximum atomic E-state index is 12.5. The van der Waals surface area contributed by atoms with Crippen molar-refractivity contribution in [3.8, 4) is 0 Å². The predicted molar refractivity (Wildman–Crippen MR) is 81.8 cm³/mol. The number of hydrogen-bond acceptors (Lipinski definition) is 3. The maximum Gasteiger partial charge on any atom is 0.446 e. The summed E-state index contributed by atoms with van der Waals surface area (Å²) in [5, 5.41) is 5.86. The summed E-state index contributed by atoms with van der Waals surface area (Å²) in [4.78, 5) is 12.0. The first-order chi connectivity index (χ1) is 10.4. The second-order valence-corrected chi connectivity index (χ2v) is 6.43. The van der Waals surface area contributed by atoms with Crippen LogP contribution < -0.4 is 10.6 Å². The van der Waals surface area contributed by atoms with E-state index in [0.717, 1.165) is 32.4 Å². The van der Waals surface area contributed by atoms with Gasteiger partial charge in [0, 0.05) is 11.3 Å². The van der Waals surface area contributed by atoms with E-state index in [1.807, 2.05) is 0 Å². The van der Waals surface area contributed by atoms with E-state index in [9.17, 15) is 18.0 Å². The van der Waals surface area contributed by atoms with Crippen LogP contribution in [0.15, 0.2) is 29.2 Å². The molecule has 1 aromatic rings. The van der Waals surface area contributed by atoms with E-state index in [1.54, 1.807) is 6.07 Å². The lowest BCUT2D eigenvalue weighted by molar-refractivity contribution is -0.116. The molecule has 0 atom stereocenters. The molecular weight excluding hydrogens is 313 g/mol. The van der Waals surface area contributed by atoms with Gasteiger partial charge in [-0.25, -0.2) is 0 Å². The average Bonchev–Trinajstić information content (AvgIpc) is 2.47. The fourth-order valence-electron chi connectivity index (χ4n) is 2.50. The first-order valence-electron chi connectivity index (χ1n) is 7.29. The number of piperidine rings is 1. The van der Waals surface area contributed by atoms with Crippen molar-refractivity contribution in [1.29, 1.82) is 0 Å². The summed E-state index contributed by atoms with van der Waals surface area (Å²) in [6.45, 7) is 1.94. The molecule has 1 heterocycles. The number of carbonyl (C=O) groups is 1. The minimum atomic E-state index is -4.37. The van der Waals surface area contributed by atoms with Crippen LogP contribution in [0.25, 0.3) is 0 Å². The Hall–Kier alpha value is -1.21. The molecule has 1 amide bonds. The molecule has 0 bridgehead atoms. The lowest BCUT2D eigenvalue weighted by Gasteiger charge is -2.22. The second kappa shape index (κ2) is 7.87. The van der Waals surface area contributed by atoms with Crippen LogP contribution in [0.3, 0.4) is 0 Å². The third kappa shape index (κ3) is 5.88. The number of benzene rings is 1. The minimum absolute atomic E-state index is 0.0187. The molecule has 2 rings (SSSR count). The van der Waals surface area contributed by atoms with Crippen LogP contribution in [0.1, 0.15) is 25.7 Å². The summed E-state index contributed by atoms with van der Waals surface area (Å²) in [6, 6.07) is 6.00. The second-order valence-electron chi connectivity index (χ2n) is 5.32. The Bertz CT molecular complexity index is 502. The fourth-order valence-corrected chi connectivity index (χ4v) is 3.13.